The lowest BCUT2D eigenvalue weighted by atomic mass is 10.1. The van der Waals surface area contributed by atoms with E-state index in [4.69, 9.17) is 10.5 Å². The summed E-state index contributed by atoms with van der Waals surface area (Å²) >= 11 is 0. The lowest BCUT2D eigenvalue weighted by molar-refractivity contribution is -0.0221. The minimum Gasteiger partial charge on any atom is -0.475 e. The zero-order chi connectivity index (χ0) is 26.8. The number of carbonyl (C=O) groups excluding carboxylic acids is 1. The van der Waals surface area contributed by atoms with Gasteiger partial charge in [0.1, 0.15) is 11.6 Å². The Bertz CT molecular complexity index is 1390. The predicted molar refractivity (Wildman–Crippen MR) is 133 cm³/mol. The van der Waals surface area contributed by atoms with E-state index >= 15 is 0 Å². The second kappa shape index (κ2) is 10.2. The van der Waals surface area contributed by atoms with Crippen LogP contribution in [0.5, 0.6) is 5.88 Å². The van der Waals surface area contributed by atoms with E-state index in [1.807, 2.05) is 18.6 Å². The van der Waals surface area contributed by atoms with Gasteiger partial charge in [0.2, 0.25) is 5.88 Å². The monoisotopic (exact) mass is 532 g/mol. The van der Waals surface area contributed by atoms with Gasteiger partial charge in [0.05, 0.1) is 17.4 Å². The van der Waals surface area contributed by atoms with Gasteiger partial charge in [-0.3, -0.25) is 4.79 Å². The van der Waals surface area contributed by atoms with Gasteiger partial charge in [-0.1, -0.05) is 6.07 Å². The number of nitrogen functional groups attached to an aromatic ring is 1. The van der Waals surface area contributed by atoms with Crippen molar-refractivity contribution in [2.24, 2.45) is 0 Å². The highest BCUT2D eigenvalue weighted by molar-refractivity contribution is 7.90. The third-order valence-electron chi connectivity index (χ3n) is 5.55. The van der Waals surface area contributed by atoms with E-state index in [0.717, 1.165) is 0 Å². The number of amides is 1. The quantitative estimate of drug-likeness (QED) is 0.469. The lowest BCUT2D eigenvalue weighted by Crippen LogP contribution is -2.41. The van der Waals surface area contributed by atoms with E-state index in [-0.39, 0.29) is 36.4 Å². The zero-order valence-electron chi connectivity index (χ0n) is 20.2. The van der Waals surface area contributed by atoms with E-state index in [0.29, 0.717) is 17.1 Å². The van der Waals surface area contributed by atoms with Gasteiger partial charge >= 0.3 is 0 Å². The summed E-state index contributed by atoms with van der Waals surface area (Å²) in [5.41, 5.74) is 6.50. The SMILES string of the molecule is CC(C)Oc1ccc(-c2ccc(C(=O)NS(=O)(=O)c3cccc(N)n3)c(N3CCC(F)(F)CC3)n2)cn1. The number of carbonyl (C=O) groups is 1. The van der Waals surface area contributed by atoms with Crippen molar-refractivity contribution >= 4 is 27.6 Å². The summed E-state index contributed by atoms with van der Waals surface area (Å²) in [5.74, 6) is -3.32. The molecule has 0 unspecified atom stereocenters. The van der Waals surface area contributed by atoms with Crippen molar-refractivity contribution in [2.45, 2.75) is 43.7 Å². The number of hydrogen-bond donors (Lipinski definition) is 2. The third kappa shape index (κ3) is 6.28. The van der Waals surface area contributed by atoms with Crippen LogP contribution >= 0.6 is 0 Å². The lowest BCUT2D eigenvalue weighted by Gasteiger charge is -2.33. The number of alkyl halides is 2. The second-order valence-corrected chi connectivity index (χ2v) is 10.4. The molecule has 0 radical (unpaired) electrons. The van der Waals surface area contributed by atoms with Crippen LogP contribution in [0.15, 0.2) is 53.7 Å². The molecule has 3 aromatic rings. The van der Waals surface area contributed by atoms with Crippen LogP contribution in [0.25, 0.3) is 11.3 Å². The smallest absolute Gasteiger partial charge is 0.281 e. The zero-order valence-corrected chi connectivity index (χ0v) is 21.0. The van der Waals surface area contributed by atoms with Gasteiger partial charge in [-0.15, -0.1) is 0 Å². The summed E-state index contributed by atoms with van der Waals surface area (Å²) in [4.78, 5) is 27.2. The first-order valence-electron chi connectivity index (χ1n) is 11.5. The van der Waals surface area contributed by atoms with Gasteiger partial charge in [0.15, 0.2) is 5.03 Å². The minimum atomic E-state index is -4.35. The van der Waals surface area contributed by atoms with E-state index in [1.54, 1.807) is 23.2 Å². The highest BCUT2D eigenvalue weighted by Crippen LogP contribution is 2.32. The Hall–Kier alpha value is -3.87. The average molecular weight is 533 g/mol. The van der Waals surface area contributed by atoms with E-state index in [9.17, 15) is 22.0 Å². The maximum Gasteiger partial charge on any atom is 0.281 e. The average Bonchev–Trinajstić information content (AvgIpc) is 2.83. The van der Waals surface area contributed by atoms with Crippen LogP contribution in [0, 0.1) is 0 Å². The molecule has 4 rings (SSSR count). The van der Waals surface area contributed by atoms with Crippen molar-refractivity contribution in [3.8, 4) is 17.1 Å². The molecule has 0 spiro atoms. The number of ether oxygens (including phenoxy) is 1. The summed E-state index contributed by atoms with van der Waals surface area (Å²) in [6, 6.07) is 10.3. The van der Waals surface area contributed by atoms with Crippen molar-refractivity contribution in [2.75, 3.05) is 23.7 Å². The molecule has 1 saturated heterocycles. The topological polar surface area (TPSA) is 140 Å². The Labute approximate surface area is 212 Å². The Morgan fingerprint density at radius 2 is 1.84 bits per heavy atom. The highest BCUT2D eigenvalue weighted by Gasteiger charge is 2.36. The van der Waals surface area contributed by atoms with Crippen LogP contribution in [0.1, 0.15) is 37.0 Å². The number of nitrogens with zero attached hydrogens (tertiary/aromatic N) is 4. The van der Waals surface area contributed by atoms with Gasteiger partial charge in [0.25, 0.3) is 21.9 Å². The van der Waals surface area contributed by atoms with Crippen molar-refractivity contribution in [3.05, 3.63) is 54.2 Å². The Kier molecular flexibility index (Phi) is 7.25. The number of sulfonamides is 1. The first-order valence-corrected chi connectivity index (χ1v) is 13.0. The molecule has 1 fully saturated rings. The number of rotatable bonds is 7. The first kappa shape index (κ1) is 26.2. The Balaban J connectivity index is 1.68. The van der Waals surface area contributed by atoms with E-state index in [2.05, 4.69) is 15.0 Å². The van der Waals surface area contributed by atoms with Crippen molar-refractivity contribution in [1.29, 1.82) is 0 Å². The van der Waals surface area contributed by atoms with Crippen LogP contribution in [0.3, 0.4) is 0 Å². The largest absolute Gasteiger partial charge is 0.475 e. The Morgan fingerprint density at radius 1 is 1.11 bits per heavy atom. The molecule has 1 amide bonds. The molecule has 0 saturated carbocycles. The summed E-state index contributed by atoms with van der Waals surface area (Å²) in [7, 11) is -4.35. The normalized spacial score (nSPS) is 15.4. The number of nitrogens with one attached hydrogen (secondary N) is 1. The van der Waals surface area contributed by atoms with Crippen molar-refractivity contribution in [3.63, 3.8) is 0 Å². The fraction of sp³-hybridized carbons (Fsp3) is 0.333. The number of piperidine rings is 1. The van der Waals surface area contributed by atoms with Gasteiger partial charge < -0.3 is 15.4 Å². The molecule has 4 heterocycles. The molecule has 0 bridgehead atoms. The highest BCUT2D eigenvalue weighted by atomic mass is 32.2. The van der Waals surface area contributed by atoms with Crippen LogP contribution in [-0.2, 0) is 10.0 Å². The Morgan fingerprint density at radius 3 is 2.46 bits per heavy atom. The van der Waals surface area contributed by atoms with Crippen LogP contribution in [0.2, 0.25) is 0 Å². The van der Waals surface area contributed by atoms with E-state index in [1.165, 1.54) is 30.3 Å². The molecule has 13 heteroatoms. The van der Waals surface area contributed by atoms with Crippen molar-refractivity contribution in [1.82, 2.24) is 19.7 Å². The molecule has 1 aliphatic rings. The molecule has 3 aromatic heterocycles. The van der Waals surface area contributed by atoms with Crippen molar-refractivity contribution < 1.29 is 26.7 Å². The van der Waals surface area contributed by atoms with Gasteiger partial charge in [0, 0.05) is 43.8 Å². The number of anilines is 2. The molecule has 196 valence electrons. The number of nitrogens with two attached hydrogens (primary N) is 1. The van der Waals surface area contributed by atoms with Crippen LogP contribution in [-0.4, -0.2) is 54.4 Å². The summed E-state index contributed by atoms with van der Waals surface area (Å²) in [6.07, 6.45) is 0.642. The minimum absolute atomic E-state index is 0.0327. The number of hydrogen-bond acceptors (Lipinski definition) is 9. The molecule has 10 nitrogen and oxygen atoms in total. The fourth-order valence-corrected chi connectivity index (χ4v) is 4.67. The molecule has 0 atom stereocenters. The summed E-state index contributed by atoms with van der Waals surface area (Å²) in [6.45, 7) is 3.62. The maximum atomic E-state index is 13.8. The molecule has 3 N–H and O–H groups in total. The first-order chi connectivity index (χ1) is 17.4. The maximum absolute atomic E-state index is 13.8. The van der Waals surface area contributed by atoms with Gasteiger partial charge in [-0.05, 0) is 44.2 Å². The molecule has 1 aliphatic heterocycles. The van der Waals surface area contributed by atoms with Crippen LogP contribution < -0.4 is 20.1 Å². The van der Waals surface area contributed by atoms with Gasteiger partial charge in [-0.25, -0.2) is 28.5 Å². The van der Waals surface area contributed by atoms with Gasteiger partial charge in [-0.2, -0.15) is 8.42 Å². The summed E-state index contributed by atoms with van der Waals surface area (Å²) < 4.78 is 60.6. The number of pyridine rings is 3. The third-order valence-corrected chi connectivity index (χ3v) is 6.78. The molecular weight excluding hydrogens is 506 g/mol. The predicted octanol–water partition coefficient (Wildman–Crippen LogP) is 3.26. The second-order valence-electron chi connectivity index (χ2n) is 8.80. The standard InChI is InChI=1S/C24H26F2N6O4S/c1-15(2)36-20-9-6-16(14-28-20)18-8-7-17(22(29-18)32-12-10-24(25,26)11-13-32)23(33)31-37(34,35)21-5-3-4-19(27)30-21/h3-9,14-15H,10-13H2,1-2H3,(H2,27,30)(H,31,33). The fourth-order valence-electron chi connectivity index (χ4n) is 3.73. The number of aromatic nitrogens is 3. The molecular formula is C24H26F2N6O4S. The van der Waals surface area contributed by atoms with E-state index < -0.39 is 39.7 Å². The molecule has 37 heavy (non-hydrogen) atoms. The molecule has 0 aliphatic carbocycles. The summed E-state index contributed by atoms with van der Waals surface area (Å²) in [5, 5.41) is -0.431. The molecule has 0 aromatic carbocycles. The van der Waals surface area contributed by atoms with Crippen LogP contribution in [0.4, 0.5) is 20.4 Å². The number of halogens is 2.